The number of amides is 1. The van der Waals surface area contributed by atoms with Gasteiger partial charge >= 0.3 is 0 Å². The number of nitrogens with two attached hydrogens (primary N) is 2. The van der Waals surface area contributed by atoms with Crippen LogP contribution < -0.4 is 16.8 Å². The van der Waals surface area contributed by atoms with Gasteiger partial charge in [-0.3, -0.25) is 4.79 Å². The van der Waals surface area contributed by atoms with Gasteiger partial charge in [0.1, 0.15) is 9.71 Å². The number of aryl methyl sites for hydroxylation is 1. The zero-order chi connectivity index (χ0) is 18.4. The largest absolute Gasteiger partial charge is 0.397 e. The minimum atomic E-state index is -0.564. The number of nitrogens with zero attached hydrogens (tertiary/aromatic N) is 2. The number of carbonyl (C=O) groups is 1. The molecule has 0 bridgehead atoms. The standard InChI is InChI=1S/C18H18ClN5OS/c1-8-2-5-10(6-11(8)19)14-12-13(20)15(16(21)25)26-17(12)24-18(23-14)22-7-9-3-4-9/h2,5-6,9H,3-4,7,20H2,1H3,(H2,21,25)(H,22,23,24). The number of benzene rings is 1. The number of primary amides is 1. The van der Waals surface area contributed by atoms with E-state index in [-0.39, 0.29) is 0 Å². The number of anilines is 2. The van der Waals surface area contributed by atoms with E-state index in [0.717, 1.165) is 17.7 Å². The maximum atomic E-state index is 11.7. The third kappa shape index (κ3) is 3.08. The normalized spacial score (nSPS) is 13.9. The van der Waals surface area contributed by atoms with Gasteiger partial charge in [-0.1, -0.05) is 23.7 Å². The van der Waals surface area contributed by atoms with Crippen LogP contribution in [0.15, 0.2) is 18.2 Å². The molecular formula is C18H18ClN5OS. The average Bonchev–Trinajstić information content (AvgIpc) is 3.37. The third-order valence-corrected chi connectivity index (χ3v) is 6.02. The van der Waals surface area contributed by atoms with Crippen molar-refractivity contribution < 1.29 is 4.79 Å². The van der Waals surface area contributed by atoms with Crippen molar-refractivity contribution in [2.75, 3.05) is 17.6 Å². The van der Waals surface area contributed by atoms with Gasteiger partial charge < -0.3 is 16.8 Å². The highest BCUT2D eigenvalue weighted by molar-refractivity contribution is 7.21. The molecule has 26 heavy (non-hydrogen) atoms. The van der Waals surface area contributed by atoms with Crippen molar-refractivity contribution in [3.63, 3.8) is 0 Å². The van der Waals surface area contributed by atoms with Crippen LogP contribution in [0.25, 0.3) is 21.5 Å². The molecule has 0 spiro atoms. The zero-order valence-corrected chi connectivity index (χ0v) is 15.7. The Morgan fingerprint density at radius 3 is 2.81 bits per heavy atom. The lowest BCUT2D eigenvalue weighted by Crippen LogP contribution is -2.10. The van der Waals surface area contributed by atoms with Crippen LogP contribution in [-0.2, 0) is 0 Å². The number of fused-ring (bicyclic) bond motifs is 1. The highest BCUT2D eigenvalue weighted by Gasteiger charge is 2.23. The van der Waals surface area contributed by atoms with Crippen LogP contribution in [0.1, 0.15) is 28.1 Å². The Balaban J connectivity index is 1.91. The van der Waals surface area contributed by atoms with E-state index in [9.17, 15) is 4.79 Å². The van der Waals surface area contributed by atoms with Crippen LogP contribution in [-0.4, -0.2) is 22.4 Å². The van der Waals surface area contributed by atoms with E-state index < -0.39 is 5.91 Å². The molecule has 6 nitrogen and oxygen atoms in total. The van der Waals surface area contributed by atoms with Gasteiger partial charge in [-0.2, -0.15) is 0 Å². The number of nitrogen functional groups attached to an aromatic ring is 1. The van der Waals surface area contributed by atoms with E-state index in [1.807, 2.05) is 25.1 Å². The molecule has 5 N–H and O–H groups in total. The quantitative estimate of drug-likeness (QED) is 0.616. The number of halogens is 1. The summed E-state index contributed by atoms with van der Waals surface area (Å²) < 4.78 is 0. The second-order valence-corrected chi connectivity index (χ2v) is 7.98. The first-order valence-corrected chi connectivity index (χ1v) is 9.53. The average molecular weight is 388 g/mol. The summed E-state index contributed by atoms with van der Waals surface area (Å²) in [6.07, 6.45) is 2.46. The molecule has 0 radical (unpaired) electrons. The minimum Gasteiger partial charge on any atom is -0.397 e. The van der Waals surface area contributed by atoms with Gasteiger partial charge in [0.25, 0.3) is 5.91 Å². The molecule has 1 aliphatic rings. The predicted molar refractivity (Wildman–Crippen MR) is 107 cm³/mol. The van der Waals surface area contributed by atoms with Gasteiger partial charge in [0.05, 0.1) is 16.8 Å². The number of hydrogen-bond donors (Lipinski definition) is 3. The number of thiophene rings is 1. The Morgan fingerprint density at radius 1 is 1.38 bits per heavy atom. The second kappa shape index (κ2) is 6.41. The van der Waals surface area contributed by atoms with Gasteiger partial charge in [0, 0.05) is 17.1 Å². The summed E-state index contributed by atoms with van der Waals surface area (Å²) in [5, 5.41) is 4.57. The molecule has 1 aromatic carbocycles. The van der Waals surface area contributed by atoms with E-state index in [1.165, 1.54) is 24.2 Å². The SMILES string of the molecule is Cc1ccc(-c2nc(NCC3CC3)nc3sc(C(N)=O)c(N)c23)cc1Cl. The fourth-order valence-electron chi connectivity index (χ4n) is 2.79. The molecule has 1 amide bonds. The number of aromatic nitrogens is 2. The highest BCUT2D eigenvalue weighted by atomic mass is 35.5. The molecule has 1 saturated carbocycles. The van der Waals surface area contributed by atoms with E-state index in [1.54, 1.807) is 0 Å². The summed E-state index contributed by atoms with van der Waals surface area (Å²) >= 11 is 7.49. The molecule has 1 fully saturated rings. The number of hydrogen-bond acceptors (Lipinski definition) is 6. The maximum absolute atomic E-state index is 11.7. The van der Waals surface area contributed by atoms with Gasteiger partial charge in [0.2, 0.25) is 5.95 Å². The van der Waals surface area contributed by atoms with E-state index >= 15 is 0 Å². The lowest BCUT2D eigenvalue weighted by atomic mass is 10.1. The predicted octanol–water partition coefficient (Wildman–Crippen LogP) is 3.82. The first kappa shape index (κ1) is 17.1. The van der Waals surface area contributed by atoms with Crippen LogP contribution in [0.4, 0.5) is 11.6 Å². The summed E-state index contributed by atoms with van der Waals surface area (Å²) in [7, 11) is 0. The molecule has 3 aromatic rings. The van der Waals surface area contributed by atoms with Crippen LogP contribution >= 0.6 is 22.9 Å². The van der Waals surface area contributed by atoms with Gasteiger partial charge in [-0.25, -0.2) is 9.97 Å². The first-order valence-electron chi connectivity index (χ1n) is 8.34. The smallest absolute Gasteiger partial charge is 0.260 e. The van der Waals surface area contributed by atoms with Crippen molar-refractivity contribution in [3.8, 4) is 11.3 Å². The fourth-order valence-corrected chi connectivity index (χ4v) is 3.92. The van der Waals surface area contributed by atoms with Crippen molar-refractivity contribution in [1.82, 2.24) is 9.97 Å². The monoisotopic (exact) mass is 387 g/mol. The molecule has 0 aliphatic heterocycles. The molecule has 2 aromatic heterocycles. The minimum absolute atomic E-state index is 0.299. The molecule has 0 atom stereocenters. The summed E-state index contributed by atoms with van der Waals surface area (Å²) in [6.45, 7) is 2.78. The molecule has 0 saturated heterocycles. The van der Waals surface area contributed by atoms with Gasteiger partial charge in [-0.15, -0.1) is 11.3 Å². The fraction of sp³-hybridized carbons (Fsp3) is 0.278. The maximum Gasteiger partial charge on any atom is 0.260 e. The van der Waals surface area contributed by atoms with Crippen molar-refractivity contribution in [2.45, 2.75) is 19.8 Å². The van der Waals surface area contributed by atoms with Crippen LogP contribution in [0.5, 0.6) is 0 Å². The third-order valence-electron chi connectivity index (χ3n) is 4.50. The van der Waals surface area contributed by atoms with Crippen molar-refractivity contribution in [1.29, 1.82) is 0 Å². The summed E-state index contributed by atoms with van der Waals surface area (Å²) in [5.74, 6) is 0.639. The molecule has 134 valence electrons. The zero-order valence-electron chi connectivity index (χ0n) is 14.2. The van der Waals surface area contributed by atoms with Crippen molar-refractivity contribution in [2.24, 2.45) is 11.7 Å². The summed E-state index contributed by atoms with van der Waals surface area (Å²) in [5.41, 5.74) is 14.4. The first-order chi connectivity index (χ1) is 12.4. The number of carbonyl (C=O) groups excluding carboxylic acids is 1. The summed E-state index contributed by atoms with van der Waals surface area (Å²) in [4.78, 5) is 21.9. The molecule has 1 aliphatic carbocycles. The van der Waals surface area contributed by atoms with E-state index in [0.29, 0.717) is 43.4 Å². The topological polar surface area (TPSA) is 107 Å². The molecule has 2 heterocycles. The van der Waals surface area contributed by atoms with Gasteiger partial charge in [-0.05, 0) is 37.3 Å². The molecular weight excluding hydrogens is 370 g/mol. The molecule has 4 rings (SSSR count). The van der Waals surface area contributed by atoms with E-state index in [4.69, 9.17) is 23.1 Å². The molecule has 8 heteroatoms. The Labute approximate surface area is 159 Å². The Hall–Kier alpha value is -2.38. The second-order valence-electron chi connectivity index (χ2n) is 6.57. The lowest BCUT2D eigenvalue weighted by molar-refractivity contribution is 0.100. The summed E-state index contributed by atoms with van der Waals surface area (Å²) in [6, 6.07) is 5.72. The highest BCUT2D eigenvalue weighted by Crippen LogP contribution is 2.39. The number of nitrogens with one attached hydrogen (secondary N) is 1. The van der Waals surface area contributed by atoms with Crippen LogP contribution in [0.2, 0.25) is 5.02 Å². The Kier molecular flexibility index (Phi) is 4.20. The van der Waals surface area contributed by atoms with Crippen LogP contribution in [0.3, 0.4) is 0 Å². The van der Waals surface area contributed by atoms with Crippen molar-refractivity contribution >= 4 is 50.7 Å². The number of rotatable bonds is 5. The van der Waals surface area contributed by atoms with Crippen LogP contribution in [0, 0.1) is 12.8 Å². The Morgan fingerprint density at radius 2 is 2.15 bits per heavy atom. The van der Waals surface area contributed by atoms with E-state index in [2.05, 4.69) is 15.3 Å². The van der Waals surface area contributed by atoms with Gasteiger partial charge in [0.15, 0.2) is 0 Å². The Bertz CT molecular complexity index is 1030. The molecule has 0 unspecified atom stereocenters. The lowest BCUT2D eigenvalue weighted by Gasteiger charge is -2.10. The van der Waals surface area contributed by atoms with Crippen molar-refractivity contribution in [3.05, 3.63) is 33.7 Å².